The fourth-order valence-electron chi connectivity index (χ4n) is 5.34. The standard InChI is InChI=1S/C26H28N4O3/c1-2-32-24-8-4-3-7-21(24)16-29-17-26(33-25(29)31)11-5-6-20(13-26)15-30-18-28-22-10-9-19(14-27)12-23(22)30/h3-4,7-10,12,18,20H,2,5-6,11,13,15-17H2,1H3/t20?,26-/m0/s1. The summed E-state index contributed by atoms with van der Waals surface area (Å²) >= 11 is 0. The lowest BCUT2D eigenvalue weighted by Crippen LogP contribution is -2.40. The summed E-state index contributed by atoms with van der Waals surface area (Å²) in [5.74, 6) is 1.20. The summed E-state index contributed by atoms with van der Waals surface area (Å²) in [6.45, 7) is 4.45. The van der Waals surface area contributed by atoms with E-state index >= 15 is 0 Å². The summed E-state index contributed by atoms with van der Waals surface area (Å²) in [6.07, 6.45) is 5.45. The second-order valence-corrected chi connectivity index (χ2v) is 9.12. The van der Waals surface area contributed by atoms with Crippen molar-refractivity contribution in [3.05, 3.63) is 59.9 Å². The quantitative estimate of drug-likeness (QED) is 0.541. The third-order valence-corrected chi connectivity index (χ3v) is 6.79. The lowest BCUT2D eigenvalue weighted by Gasteiger charge is -2.36. The van der Waals surface area contributed by atoms with Gasteiger partial charge in [0.1, 0.15) is 11.4 Å². The van der Waals surface area contributed by atoms with Gasteiger partial charge in [-0.15, -0.1) is 0 Å². The van der Waals surface area contributed by atoms with Crippen LogP contribution in [0.3, 0.4) is 0 Å². The number of carbonyl (C=O) groups excluding carboxylic acids is 1. The highest BCUT2D eigenvalue weighted by molar-refractivity contribution is 5.77. The molecule has 2 heterocycles. The number of carbonyl (C=O) groups is 1. The van der Waals surface area contributed by atoms with Gasteiger partial charge in [-0.05, 0) is 62.8 Å². The van der Waals surface area contributed by atoms with Gasteiger partial charge in [0.15, 0.2) is 0 Å². The molecule has 3 aromatic rings. The Morgan fingerprint density at radius 3 is 3.03 bits per heavy atom. The van der Waals surface area contributed by atoms with E-state index in [0.29, 0.717) is 31.2 Å². The van der Waals surface area contributed by atoms with Crippen molar-refractivity contribution in [1.29, 1.82) is 5.26 Å². The van der Waals surface area contributed by atoms with Crippen LogP contribution in [0.15, 0.2) is 48.8 Å². The molecule has 0 radical (unpaired) electrons. The molecule has 2 fully saturated rings. The highest BCUT2D eigenvalue weighted by Crippen LogP contribution is 2.41. The summed E-state index contributed by atoms with van der Waals surface area (Å²) in [5, 5.41) is 9.25. The third-order valence-electron chi connectivity index (χ3n) is 6.79. The number of hydrogen-bond acceptors (Lipinski definition) is 5. The van der Waals surface area contributed by atoms with Crippen LogP contribution in [0, 0.1) is 17.2 Å². The van der Waals surface area contributed by atoms with Crippen molar-refractivity contribution in [3.8, 4) is 11.8 Å². The van der Waals surface area contributed by atoms with Gasteiger partial charge in [0.25, 0.3) is 0 Å². The third kappa shape index (κ3) is 4.25. The van der Waals surface area contributed by atoms with Crippen LogP contribution in [0.25, 0.3) is 11.0 Å². The smallest absolute Gasteiger partial charge is 0.410 e. The molecule has 170 valence electrons. The number of ether oxygens (including phenoxy) is 2. The number of rotatable bonds is 6. The van der Waals surface area contributed by atoms with Gasteiger partial charge in [0.2, 0.25) is 0 Å². The molecule has 1 aromatic heterocycles. The van der Waals surface area contributed by atoms with Crippen LogP contribution in [0.5, 0.6) is 5.75 Å². The van der Waals surface area contributed by atoms with E-state index in [1.807, 2.05) is 54.5 Å². The topological polar surface area (TPSA) is 80.4 Å². The molecule has 5 rings (SSSR count). The first-order chi connectivity index (χ1) is 16.1. The first-order valence-corrected chi connectivity index (χ1v) is 11.6. The van der Waals surface area contributed by atoms with Crippen molar-refractivity contribution in [2.45, 2.75) is 51.3 Å². The SMILES string of the molecule is CCOc1ccccc1CN1C[C@@]2(CCCC(Cn3cnc4ccc(C#N)cc43)C2)OC1=O. The maximum absolute atomic E-state index is 12.8. The summed E-state index contributed by atoms with van der Waals surface area (Å²) in [4.78, 5) is 19.1. The summed E-state index contributed by atoms with van der Waals surface area (Å²) in [5.41, 5.74) is 3.07. The van der Waals surface area contributed by atoms with Gasteiger partial charge < -0.3 is 14.0 Å². The van der Waals surface area contributed by atoms with Crippen LogP contribution in [0.2, 0.25) is 0 Å². The summed E-state index contributed by atoms with van der Waals surface area (Å²) in [6, 6.07) is 15.7. The van der Waals surface area contributed by atoms with E-state index in [0.717, 1.165) is 54.6 Å². The van der Waals surface area contributed by atoms with Crippen molar-refractivity contribution in [2.24, 2.45) is 5.92 Å². The number of fused-ring (bicyclic) bond motifs is 1. The number of imidazole rings is 1. The van der Waals surface area contributed by atoms with E-state index in [-0.39, 0.29) is 6.09 Å². The van der Waals surface area contributed by atoms with E-state index in [9.17, 15) is 10.1 Å². The Morgan fingerprint density at radius 1 is 1.30 bits per heavy atom. The summed E-state index contributed by atoms with van der Waals surface area (Å²) < 4.78 is 13.9. The molecule has 0 N–H and O–H groups in total. The summed E-state index contributed by atoms with van der Waals surface area (Å²) in [7, 11) is 0. The minimum absolute atomic E-state index is 0.242. The van der Waals surface area contributed by atoms with E-state index in [1.165, 1.54) is 0 Å². The number of aromatic nitrogens is 2. The monoisotopic (exact) mass is 444 g/mol. The van der Waals surface area contributed by atoms with Crippen molar-refractivity contribution >= 4 is 17.1 Å². The molecule has 2 atom stereocenters. The minimum Gasteiger partial charge on any atom is -0.494 e. The van der Waals surface area contributed by atoms with E-state index in [1.54, 1.807) is 6.07 Å². The molecule has 7 nitrogen and oxygen atoms in total. The van der Waals surface area contributed by atoms with Gasteiger partial charge in [-0.2, -0.15) is 5.26 Å². The molecule has 1 saturated carbocycles. The zero-order chi connectivity index (χ0) is 22.8. The molecule has 0 bridgehead atoms. The molecule has 7 heteroatoms. The van der Waals surface area contributed by atoms with Crippen molar-refractivity contribution < 1.29 is 14.3 Å². The van der Waals surface area contributed by atoms with Gasteiger partial charge in [-0.3, -0.25) is 4.90 Å². The van der Waals surface area contributed by atoms with Gasteiger partial charge in [-0.25, -0.2) is 9.78 Å². The largest absolute Gasteiger partial charge is 0.494 e. The van der Waals surface area contributed by atoms with Crippen LogP contribution in [0.4, 0.5) is 4.79 Å². The molecule has 2 aromatic carbocycles. The fourth-order valence-corrected chi connectivity index (χ4v) is 5.34. The van der Waals surface area contributed by atoms with Crippen molar-refractivity contribution in [1.82, 2.24) is 14.5 Å². The Morgan fingerprint density at radius 2 is 2.18 bits per heavy atom. The molecule has 33 heavy (non-hydrogen) atoms. The number of amides is 1. The minimum atomic E-state index is -0.436. The van der Waals surface area contributed by atoms with Crippen LogP contribution in [-0.2, 0) is 17.8 Å². The molecule has 1 amide bonds. The zero-order valence-electron chi connectivity index (χ0n) is 18.9. The molecule has 1 aliphatic heterocycles. The highest BCUT2D eigenvalue weighted by Gasteiger charge is 2.48. The van der Waals surface area contributed by atoms with Gasteiger partial charge in [0, 0.05) is 12.1 Å². The van der Waals surface area contributed by atoms with E-state index < -0.39 is 5.60 Å². The second kappa shape index (κ2) is 8.78. The molecule has 1 spiro atoms. The van der Waals surface area contributed by atoms with Crippen LogP contribution >= 0.6 is 0 Å². The fraction of sp³-hybridized carbons (Fsp3) is 0.423. The zero-order valence-corrected chi connectivity index (χ0v) is 18.9. The highest BCUT2D eigenvalue weighted by atomic mass is 16.6. The Kier molecular flexibility index (Phi) is 5.67. The molecule has 2 aliphatic rings. The molecular formula is C26H28N4O3. The first kappa shape index (κ1) is 21.3. The Hall–Kier alpha value is -3.53. The number of benzene rings is 2. The predicted molar refractivity (Wildman–Crippen MR) is 124 cm³/mol. The normalized spacial score (nSPS) is 22.5. The molecule has 1 saturated heterocycles. The Balaban J connectivity index is 1.30. The Labute approximate surface area is 193 Å². The second-order valence-electron chi connectivity index (χ2n) is 9.12. The molecule has 1 aliphatic carbocycles. The number of nitrogens with zero attached hydrogens (tertiary/aromatic N) is 4. The van der Waals surface area contributed by atoms with Crippen molar-refractivity contribution in [3.63, 3.8) is 0 Å². The first-order valence-electron chi connectivity index (χ1n) is 11.6. The maximum Gasteiger partial charge on any atom is 0.410 e. The molecular weight excluding hydrogens is 416 g/mol. The van der Waals surface area contributed by atoms with Crippen molar-refractivity contribution in [2.75, 3.05) is 13.2 Å². The predicted octanol–water partition coefficient (Wildman–Crippen LogP) is 4.89. The van der Waals surface area contributed by atoms with Crippen LogP contribution < -0.4 is 4.74 Å². The van der Waals surface area contributed by atoms with Gasteiger partial charge >= 0.3 is 6.09 Å². The maximum atomic E-state index is 12.8. The van der Waals surface area contributed by atoms with Gasteiger partial charge in [-0.1, -0.05) is 18.2 Å². The lowest BCUT2D eigenvalue weighted by molar-refractivity contribution is 0.00415. The van der Waals surface area contributed by atoms with E-state index in [2.05, 4.69) is 15.6 Å². The van der Waals surface area contributed by atoms with Gasteiger partial charge in [0.05, 0.1) is 48.7 Å². The number of nitriles is 1. The molecule has 1 unspecified atom stereocenters. The number of para-hydroxylation sites is 1. The average molecular weight is 445 g/mol. The van der Waals surface area contributed by atoms with E-state index in [4.69, 9.17) is 9.47 Å². The lowest BCUT2D eigenvalue weighted by atomic mass is 9.78. The average Bonchev–Trinajstić information content (AvgIpc) is 3.35. The van der Waals surface area contributed by atoms with Crippen LogP contribution in [0.1, 0.15) is 43.7 Å². The van der Waals surface area contributed by atoms with Crippen LogP contribution in [-0.4, -0.2) is 39.3 Å². The Bertz CT molecular complexity index is 1210. The number of hydrogen-bond donors (Lipinski definition) is 0.